The molecule has 1 aromatic rings. The molecule has 0 aliphatic carbocycles. The minimum absolute atomic E-state index is 0.504. The molecule has 0 aromatic carbocycles. The Morgan fingerprint density at radius 2 is 2.33 bits per heavy atom. The Labute approximate surface area is 82.0 Å². The van der Waals surface area contributed by atoms with Crippen molar-refractivity contribution in [2.45, 2.75) is 6.92 Å². The highest BCUT2D eigenvalue weighted by Crippen LogP contribution is 2.13. The standard InChI is InChI=1S/C9H9Cl2N/c1-7-5-8(11)6-12-9(7)3-2-4-10/h2-3,5-6H,4H2,1H3. The van der Waals surface area contributed by atoms with Gasteiger partial charge in [-0.15, -0.1) is 11.6 Å². The SMILES string of the molecule is Cc1cc(Cl)cnc1C=CCCl. The first-order valence-electron chi connectivity index (χ1n) is 3.58. The Balaban J connectivity index is 2.94. The number of hydrogen-bond donors (Lipinski definition) is 0. The van der Waals surface area contributed by atoms with E-state index in [0.717, 1.165) is 11.3 Å². The molecular weight excluding hydrogens is 193 g/mol. The Morgan fingerprint density at radius 3 is 2.92 bits per heavy atom. The lowest BCUT2D eigenvalue weighted by atomic mass is 10.2. The Kier molecular flexibility index (Phi) is 3.57. The van der Waals surface area contributed by atoms with Crippen molar-refractivity contribution in [3.8, 4) is 0 Å². The van der Waals surface area contributed by atoms with Crippen LogP contribution in [0, 0.1) is 6.92 Å². The average molecular weight is 202 g/mol. The Hall–Kier alpha value is -0.530. The van der Waals surface area contributed by atoms with Crippen molar-refractivity contribution >= 4 is 29.3 Å². The zero-order chi connectivity index (χ0) is 8.97. The number of nitrogens with zero attached hydrogens (tertiary/aromatic N) is 1. The molecule has 0 atom stereocenters. The van der Waals surface area contributed by atoms with Crippen molar-refractivity contribution in [1.82, 2.24) is 4.98 Å². The van der Waals surface area contributed by atoms with Gasteiger partial charge in [0.05, 0.1) is 10.7 Å². The van der Waals surface area contributed by atoms with E-state index in [0.29, 0.717) is 10.9 Å². The number of pyridine rings is 1. The molecule has 1 rings (SSSR count). The van der Waals surface area contributed by atoms with E-state index < -0.39 is 0 Å². The van der Waals surface area contributed by atoms with Crippen LogP contribution >= 0.6 is 23.2 Å². The lowest BCUT2D eigenvalue weighted by Gasteiger charge is -1.98. The van der Waals surface area contributed by atoms with Crippen LogP contribution in [-0.4, -0.2) is 10.9 Å². The fraction of sp³-hybridized carbons (Fsp3) is 0.222. The average Bonchev–Trinajstić information content (AvgIpc) is 2.03. The number of allylic oxidation sites excluding steroid dienone is 1. The van der Waals surface area contributed by atoms with Gasteiger partial charge in [0.1, 0.15) is 0 Å². The minimum atomic E-state index is 0.504. The van der Waals surface area contributed by atoms with Crippen molar-refractivity contribution in [2.75, 3.05) is 5.88 Å². The fourth-order valence-electron chi connectivity index (χ4n) is 0.882. The van der Waals surface area contributed by atoms with Gasteiger partial charge in [0.2, 0.25) is 0 Å². The third-order valence-electron chi connectivity index (χ3n) is 1.45. The molecule has 3 heteroatoms. The second-order valence-electron chi connectivity index (χ2n) is 2.41. The van der Waals surface area contributed by atoms with Crippen molar-refractivity contribution < 1.29 is 0 Å². The molecule has 0 amide bonds. The summed E-state index contributed by atoms with van der Waals surface area (Å²) in [6.07, 6.45) is 5.37. The molecular formula is C9H9Cl2N. The molecule has 0 saturated carbocycles. The van der Waals surface area contributed by atoms with Crippen LogP contribution in [0.3, 0.4) is 0 Å². The maximum Gasteiger partial charge on any atom is 0.0657 e. The molecule has 0 aliphatic rings. The van der Waals surface area contributed by atoms with Gasteiger partial charge in [0, 0.05) is 12.1 Å². The van der Waals surface area contributed by atoms with Crippen LogP contribution in [0.5, 0.6) is 0 Å². The summed E-state index contributed by atoms with van der Waals surface area (Å²) in [5, 5.41) is 0.663. The first-order valence-corrected chi connectivity index (χ1v) is 4.50. The molecule has 0 bridgehead atoms. The number of aryl methyl sites for hydroxylation is 1. The van der Waals surface area contributed by atoms with Gasteiger partial charge in [0.25, 0.3) is 0 Å². The Bertz CT molecular complexity index is 295. The van der Waals surface area contributed by atoms with Crippen LogP contribution in [0.4, 0.5) is 0 Å². The summed E-state index contributed by atoms with van der Waals surface area (Å²) in [4.78, 5) is 4.14. The van der Waals surface area contributed by atoms with Gasteiger partial charge < -0.3 is 0 Å². The quantitative estimate of drug-likeness (QED) is 0.670. The third-order valence-corrected chi connectivity index (χ3v) is 1.84. The lowest BCUT2D eigenvalue weighted by Crippen LogP contribution is -1.85. The van der Waals surface area contributed by atoms with Gasteiger partial charge in [-0.25, -0.2) is 0 Å². The molecule has 12 heavy (non-hydrogen) atoms. The van der Waals surface area contributed by atoms with Gasteiger partial charge in [-0.1, -0.05) is 17.7 Å². The maximum absolute atomic E-state index is 5.74. The summed E-state index contributed by atoms with van der Waals surface area (Å²) < 4.78 is 0. The number of alkyl halides is 1. The molecule has 0 spiro atoms. The molecule has 0 fully saturated rings. The monoisotopic (exact) mass is 201 g/mol. The number of aromatic nitrogens is 1. The third kappa shape index (κ3) is 2.50. The summed E-state index contributed by atoms with van der Waals surface area (Å²) in [6.45, 7) is 1.97. The minimum Gasteiger partial charge on any atom is -0.255 e. The number of halogens is 2. The largest absolute Gasteiger partial charge is 0.255 e. The van der Waals surface area contributed by atoms with E-state index in [1.807, 2.05) is 25.1 Å². The van der Waals surface area contributed by atoms with Crippen molar-refractivity contribution in [2.24, 2.45) is 0 Å². The first-order chi connectivity index (χ1) is 5.74. The van der Waals surface area contributed by atoms with Gasteiger partial charge in [-0.2, -0.15) is 0 Å². The number of rotatable bonds is 2. The molecule has 1 heterocycles. The van der Waals surface area contributed by atoms with Gasteiger partial charge >= 0.3 is 0 Å². The second-order valence-corrected chi connectivity index (χ2v) is 3.16. The summed E-state index contributed by atoms with van der Waals surface area (Å²) in [5.74, 6) is 0.504. The normalized spacial score (nSPS) is 10.9. The van der Waals surface area contributed by atoms with E-state index in [4.69, 9.17) is 23.2 Å². The summed E-state index contributed by atoms with van der Waals surface area (Å²) >= 11 is 11.2. The van der Waals surface area contributed by atoms with E-state index in [9.17, 15) is 0 Å². The second kappa shape index (κ2) is 4.48. The summed E-state index contributed by atoms with van der Waals surface area (Å²) in [5.41, 5.74) is 1.98. The molecule has 0 unspecified atom stereocenters. The van der Waals surface area contributed by atoms with E-state index in [-0.39, 0.29) is 0 Å². The number of hydrogen-bond acceptors (Lipinski definition) is 1. The molecule has 0 radical (unpaired) electrons. The van der Waals surface area contributed by atoms with Gasteiger partial charge in [-0.3, -0.25) is 4.98 Å². The van der Waals surface area contributed by atoms with Crippen LogP contribution in [0.2, 0.25) is 5.02 Å². The highest BCUT2D eigenvalue weighted by molar-refractivity contribution is 6.30. The van der Waals surface area contributed by atoms with Crippen LogP contribution in [0.1, 0.15) is 11.3 Å². The van der Waals surface area contributed by atoms with Crippen LogP contribution in [-0.2, 0) is 0 Å². The van der Waals surface area contributed by atoms with Crippen LogP contribution in [0.25, 0.3) is 6.08 Å². The zero-order valence-electron chi connectivity index (χ0n) is 6.72. The first kappa shape index (κ1) is 9.56. The Morgan fingerprint density at radius 1 is 1.58 bits per heavy atom. The molecule has 64 valence electrons. The predicted molar refractivity (Wildman–Crippen MR) is 53.7 cm³/mol. The van der Waals surface area contributed by atoms with E-state index in [2.05, 4.69) is 4.98 Å². The van der Waals surface area contributed by atoms with E-state index in [1.165, 1.54) is 0 Å². The highest BCUT2D eigenvalue weighted by Gasteiger charge is 1.95. The molecule has 1 nitrogen and oxygen atoms in total. The molecule has 0 aliphatic heterocycles. The summed E-state index contributed by atoms with van der Waals surface area (Å²) in [6, 6.07) is 1.88. The smallest absolute Gasteiger partial charge is 0.0657 e. The van der Waals surface area contributed by atoms with E-state index in [1.54, 1.807) is 6.20 Å². The topological polar surface area (TPSA) is 12.9 Å². The molecule has 0 saturated heterocycles. The lowest BCUT2D eigenvalue weighted by molar-refractivity contribution is 1.24. The maximum atomic E-state index is 5.74. The van der Waals surface area contributed by atoms with Gasteiger partial charge in [-0.05, 0) is 24.6 Å². The van der Waals surface area contributed by atoms with Crippen molar-refractivity contribution in [3.63, 3.8) is 0 Å². The molecule has 0 N–H and O–H groups in total. The zero-order valence-corrected chi connectivity index (χ0v) is 8.23. The van der Waals surface area contributed by atoms with Crippen molar-refractivity contribution in [3.05, 3.63) is 34.6 Å². The van der Waals surface area contributed by atoms with Crippen LogP contribution in [0.15, 0.2) is 18.3 Å². The predicted octanol–water partition coefficient (Wildman–Crippen LogP) is 3.30. The van der Waals surface area contributed by atoms with Gasteiger partial charge in [0.15, 0.2) is 0 Å². The molecule has 1 aromatic heterocycles. The van der Waals surface area contributed by atoms with Crippen molar-refractivity contribution in [1.29, 1.82) is 0 Å². The summed E-state index contributed by atoms with van der Waals surface area (Å²) in [7, 11) is 0. The van der Waals surface area contributed by atoms with Crippen LogP contribution < -0.4 is 0 Å². The van der Waals surface area contributed by atoms with E-state index >= 15 is 0 Å². The highest BCUT2D eigenvalue weighted by atomic mass is 35.5. The fourth-order valence-corrected chi connectivity index (χ4v) is 1.18.